The third-order valence-electron chi connectivity index (χ3n) is 3.72. The normalized spacial score (nSPS) is 19.2. The van der Waals surface area contributed by atoms with E-state index in [9.17, 15) is 0 Å². The summed E-state index contributed by atoms with van der Waals surface area (Å²) < 4.78 is 5.38. The zero-order chi connectivity index (χ0) is 12.1. The van der Waals surface area contributed by atoms with Crippen molar-refractivity contribution in [2.45, 2.75) is 38.6 Å². The Morgan fingerprint density at radius 3 is 2.71 bits per heavy atom. The molecular weight excluding hydrogens is 210 g/mol. The molecule has 2 rings (SSSR count). The number of nitrogens with two attached hydrogens (primary N) is 1. The van der Waals surface area contributed by atoms with Gasteiger partial charge in [0.1, 0.15) is 0 Å². The van der Waals surface area contributed by atoms with Gasteiger partial charge in [0.05, 0.1) is 0 Å². The molecule has 0 amide bonds. The minimum Gasteiger partial charge on any atom is -0.381 e. The quantitative estimate of drug-likeness (QED) is 0.867. The molecule has 1 fully saturated rings. The minimum absolute atomic E-state index is 0.291. The van der Waals surface area contributed by atoms with E-state index < -0.39 is 0 Å². The Kier molecular flexibility index (Phi) is 4.57. The number of hydrogen-bond donors (Lipinski definition) is 1. The molecule has 17 heavy (non-hydrogen) atoms. The average Bonchev–Trinajstić information content (AvgIpc) is 2.33. The average molecular weight is 233 g/mol. The molecule has 0 radical (unpaired) electrons. The van der Waals surface area contributed by atoms with Crippen molar-refractivity contribution in [3.05, 3.63) is 35.4 Å². The van der Waals surface area contributed by atoms with Gasteiger partial charge in [0.15, 0.2) is 0 Å². The lowest BCUT2D eigenvalue weighted by atomic mass is 9.89. The van der Waals surface area contributed by atoms with E-state index in [4.69, 9.17) is 10.5 Å². The summed E-state index contributed by atoms with van der Waals surface area (Å²) in [4.78, 5) is 0. The van der Waals surface area contributed by atoms with Crippen molar-refractivity contribution in [2.75, 3.05) is 13.2 Å². The van der Waals surface area contributed by atoms with Gasteiger partial charge in [-0.3, -0.25) is 0 Å². The van der Waals surface area contributed by atoms with Crippen molar-refractivity contribution in [3.8, 4) is 0 Å². The SMILES string of the molecule is Cc1ccccc1CC(N)CC1CCOCC1. The van der Waals surface area contributed by atoms with E-state index in [1.54, 1.807) is 0 Å². The standard InChI is InChI=1S/C15H23NO/c1-12-4-2-3-5-14(12)11-15(16)10-13-6-8-17-9-7-13/h2-5,13,15H,6-11,16H2,1H3. The molecule has 1 aliphatic heterocycles. The van der Waals surface area contributed by atoms with Gasteiger partial charge >= 0.3 is 0 Å². The molecule has 2 N–H and O–H groups in total. The molecule has 0 aromatic heterocycles. The number of hydrogen-bond acceptors (Lipinski definition) is 2. The van der Waals surface area contributed by atoms with Crippen molar-refractivity contribution in [2.24, 2.45) is 11.7 Å². The summed E-state index contributed by atoms with van der Waals surface area (Å²) in [5.41, 5.74) is 9.02. The highest BCUT2D eigenvalue weighted by Gasteiger charge is 2.17. The van der Waals surface area contributed by atoms with E-state index in [0.717, 1.165) is 32.0 Å². The van der Waals surface area contributed by atoms with Crippen LogP contribution < -0.4 is 5.73 Å². The predicted octanol–water partition coefficient (Wildman–Crippen LogP) is 2.68. The van der Waals surface area contributed by atoms with Gasteiger partial charge in [0.25, 0.3) is 0 Å². The summed E-state index contributed by atoms with van der Waals surface area (Å²) in [7, 11) is 0. The van der Waals surface area contributed by atoms with Crippen molar-refractivity contribution >= 4 is 0 Å². The van der Waals surface area contributed by atoms with Crippen LogP contribution in [-0.2, 0) is 11.2 Å². The highest BCUT2D eigenvalue weighted by atomic mass is 16.5. The van der Waals surface area contributed by atoms with Gasteiger partial charge in [-0.2, -0.15) is 0 Å². The first-order chi connectivity index (χ1) is 8.25. The van der Waals surface area contributed by atoms with Crippen LogP contribution in [0.2, 0.25) is 0 Å². The summed E-state index contributed by atoms with van der Waals surface area (Å²) >= 11 is 0. The van der Waals surface area contributed by atoms with Crippen molar-refractivity contribution < 1.29 is 4.74 Å². The van der Waals surface area contributed by atoms with Crippen LogP contribution in [0.25, 0.3) is 0 Å². The molecule has 2 nitrogen and oxygen atoms in total. The monoisotopic (exact) mass is 233 g/mol. The zero-order valence-electron chi connectivity index (χ0n) is 10.7. The first-order valence-electron chi connectivity index (χ1n) is 6.63. The Hall–Kier alpha value is -0.860. The van der Waals surface area contributed by atoms with Crippen LogP contribution in [0.5, 0.6) is 0 Å². The first kappa shape index (κ1) is 12.6. The lowest BCUT2D eigenvalue weighted by molar-refractivity contribution is 0.0619. The highest BCUT2D eigenvalue weighted by Crippen LogP contribution is 2.21. The molecule has 0 saturated carbocycles. The van der Waals surface area contributed by atoms with Gasteiger partial charge in [0, 0.05) is 19.3 Å². The second-order valence-corrected chi connectivity index (χ2v) is 5.18. The highest BCUT2D eigenvalue weighted by molar-refractivity contribution is 5.26. The number of aryl methyl sites for hydroxylation is 1. The topological polar surface area (TPSA) is 35.2 Å². The molecule has 1 unspecified atom stereocenters. The van der Waals surface area contributed by atoms with Crippen LogP contribution in [-0.4, -0.2) is 19.3 Å². The number of ether oxygens (including phenoxy) is 1. The maximum atomic E-state index is 6.26. The molecule has 1 saturated heterocycles. The maximum Gasteiger partial charge on any atom is 0.0468 e. The molecule has 0 bridgehead atoms. The van der Waals surface area contributed by atoms with Crippen LogP contribution in [0.1, 0.15) is 30.4 Å². The van der Waals surface area contributed by atoms with Gasteiger partial charge in [-0.05, 0) is 49.7 Å². The molecule has 2 heteroatoms. The summed E-state index contributed by atoms with van der Waals surface area (Å²) in [5.74, 6) is 0.766. The van der Waals surface area contributed by atoms with Gasteiger partial charge in [-0.15, -0.1) is 0 Å². The molecule has 1 heterocycles. The van der Waals surface area contributed by atoms with Gasteiger partial charge < -0.3 is 10.5 Å². The third kappa shape index (κ3) is 3.83. The van der Waals surface area contributed by atoms with Gasteiger partial charge in [-0.1, -0.05) is 24.3 Å². The van der Waals surface area contributed by atoms with Gasteiger partial charge in [0.2, 0.25) is 0 Å². The smallest absolute Gasteiger partial charge is 0.0468 e. The minimum atomic E-state index is 0.291. The van der Waals surface area contributed by atoms with E-state index in [1.807, 2.05) is 0 Å². The second-order valence-electron chi connectivity index (χ2n) is 5.18. The van der Waals surface area contributed by atoms with Crippen molar-refractivity contribution in [1.29, 1.82) is 0 Å². The Bertz CT molecular complexity index is 345. The largest absolute Gasteiger partial charge is 0.381 e. The van der Waals surface area contributed by atoms with E-state index in [0.29, 0.717) is 6.04 Å². The van der Waals surface area contributed by atoms with Crippen LogP contribution >= 0.6 is 0 Å². The third-order valence-corrected chi connectivity index (χ3v) is 3.72. The number of benzene rings is 1. The summed E-state index contributed by atoms with van der Waals surface area (Å²) in [6, 6.07) is 8.83. The van der Waals surface area contributed by atoms with Crippen LogP contribution in [0, 0.1) is 12.8 Å². The summed E-state index contributed by atoms with van der Waals surface area (Å²) in [5, 5.41) is 0. The molecular formula is C15H23NO. The van der Waals surface area contributed by atoms with Gasteiger partial charge in [-0.25, -0.2) is 0 Å². The molecule has 0 aliphatic carbocycles. The Morgan fingerprint density at radius 2 is 2.00 bits per heavy atom. The lowest BCUT2D eigenvalue weighted by Gasteiger charge is -2.25. The Balaban J connectivity index is 1.84. The first-order valence-corrected chi connectivity index (χ1v) is 6.63. The zero-order valence-corrected chi connectivity index (χ0v) is 10.7. The van der Waals surface area contributed by atoms with Crippen molar-refractivity contribution in [1.82, 2.24) is 0 Å². The Morgan fingerprint density at radius 1 is 1.29 bits per heavy atom. The van der Waals surface area contributed by atoms with E-state index in [2.05, 4.69) is 31.2 Å². The van der Waals surface area contributed by atoms with Crippen LogP contribution in [0.3, 0.4) is 0 Å². The van der Waals surface area contributed by atoms with Crippen molar-refractivity contribution in [3.63, 3.8) is 0 Å². The van der Waals surface area contributed by atoms with E-state index >= 15 is 0 Å². The number of rotatable bonds is 4. The summed E-state index contributed by atoms with van der Waals surface area (Å²) in [6.45, 7) is 4.00. The Labute approximate surface area is 104 Å². The molecule has 94 valence electrons. The van der Waals surface area contributed by atoms with Crippen LogP contribution in [0.4, 0.5) is 0 Å². The molecule has 0 spiro atoms. The lowest BCUT2D eigenvalue weighted by Crippen LogP contribution is -2.29. The fourth-order valence-corrected chi connectivity index (χ4v) is 2.62. The molecule has 1 aromatic rings. The van der Waals surface area contributed by atoms with Crippen LogP contribution in [0.15, 0.2) is 24.3 Å². The van der Waals surface area contributed by atoms with E-state index in [1.165, 1.54) is 24.0 Å². The summed E-state index contributed by atoms with van der Waals surface area (Å²) in [6.07, 6.45) is 4.50. The predicted molar refractivity (Wildman–Crippen MR) is 71.0 cm³/mol. The maximum absolute atomic E-state index is 6.26. The fourth-order valence-electron chi connectivity index (χ4n) is 2.62. The molecule has 1 atom stereocenters. The second kappa shape index (κ2) is 6.18. The molecule has 1 aromatic carbocycles. The van der Waals surface area contributed by atoms with E-state index in [-0.39, 0.29) is 0 Å². The molecule has 1 aliphatic rings. The fraction of sp³-hybridized carbons (Fsp3) is 0.600.